The number of hydrogen-bond donors (Lipinski definition) is 1. The Morgan fingerprint density at radius 3 is 2.52 bits per heavy atom. The van der Waals surface area contributed by atoms with Crippen LogP contribution >= 0.6 is 23.2 Å². The Morgan fingerprint density at radius 2 is 1.76 bits per heavy atom. The van der Waals surface area contributed by atoms with Crippen molar-refractivity contribution in [3.63, 3.8) is 0 Å². The quantitative estimate of drug-likeness (QED) is 0.190. The van der Waals surface area contributed by atoms with Gasteiger partial charge in [-0.15, -0.1) is 0 Å². The number of nitrogens with one attached hydrogen (secondary N) is 1. The number of aromatic nitrogens is 2. The summed E-state index contributed by atoms with van der Waals surface area (Å²) in [7, 11) is 0. The van der Waals surface area contributed by atoms with Crippen molar-refractivity contribution in [3.8, 4) is 22.6 Å². The molecule has 2 aromatic heterocycles. The third-order valence-electron chi connectivity index (χ3n) is 7.62. The molecule has 0 saturated carbocycles. The summed E-state index contributed by atoms with van der Waals surface area (Å²) < 4.78 is 6.20. The number of amides is 1. The van der Waals surface area contributed by atoms with Gasteiger partial charge in [-0.1, -0.05) is 53.9 Å². The Labute approximate surface area is 253 Å². The number of halogens is 2. The van der Waals surface area contributed by atoms with Gasteiger partial charge in [0.05, 0.1) is 15.7 Å². The minimum absolute atomic E-state index is 0.175. The zero-order chi connectivity index (χ0) is 29.2. The minimum Gasteiger partial charge on any atom is -0.434 e. The molecular weight excluding hydrogens is 571 g/mol. The van der Waals surface area contributed by atoms with E-state index in [4.69, 9.17) is 32.6 Å². The summed E-state index contributed by atoms with van der Waals surface area (Å²) in [5, 5.41) is 3.76. The zero-order valence-corrected chi connectivity index (χ0v) is 24.5. The predicted molar refractivity (Wildman–Crippen MR) is 166 cm³/mol. The summed E-state index contributed by atoms with van der Waals surface area (Å²) in [6.07, 6.45) is 5.78. The molecule has 1 aliphatic heterocycles. The smallest absolute Gasteiger partial charge is 0.274 e. The van der Waals surface area contributed by atoms with Crippen molar-refractivity contribution in [2.75, 3.05) is 18.4 Å². The molecule has 6 rings (SSSR count). The molecule has 1 N–H and O–H groups in total. The Morgan fingerprint density at radius 1 is 1.00 bits per heavy atom. The molecule has 0 radical (unpaired) electrons. The molecular formula is C33H28Cl2N4O3. The fraction of sp³-hybridized carbons (Fsp3) is 0.212. The summed E-state index contributed by atoms with van der Waals surface area (Å²) in [4.78, 5) is 35.1. The number of anilines is 1. The minimum atomic E-state index is -0.431. The molecule has 1 aliphatic rings. The number of carbonyl (C=O) groups excluding carboxylic acids is 2. The number of fused-ring (bicyclic) bond motifs is 1. The van der Waals surface area contributed by atoms with Crippen molar-refractivity contribution < 1.29 is 14.0 Å². The Hall–Kier alpha value is -4.04. The van der Waals surface area contributed by atoms with Crippen LogP contribution in [0.2, 0.25) is 10.0 Å². The molecule has 9 heteroatoms. The van der Waals surface area contributed by atoms with Gasteiger partial charge in [0.15, 0.2) is 11.9 Å². The van der Waals surface area contributed by atoms with E-state index in [2.05, 4.69) is 21.3 Å². The number of likely N-dealkylation sites (tertiary alicyclic amines) is 1. The topological polar surface area (TPSA) is 88.3 Å². The summed E-state index contributed by atoms with van der Waals surface area (Å²) in [5.41, 5.74) is 6.79. The van der Waals surface area contributed by atoms with E-state index >= 15 is 0 Å². The highest BCUT2D eigenvalue weighted by Gasteiger charge is 2.20. The highest BCUT2D eigenvalue weighted by atomic mass is 35.5. The molecule has 42 heavy (non-hydrogen) atoms. The lowest BCUT2D eigenvalue weighted by Gasteiger charge is -2.26. The maximum atomic E-state index is 12.8. The SMILES string of the molecule is Cc1c(-c2nc3cc(CN4CCCCC4)cc(Cl)c3o2)cccc1-c1cccc(NC(=O)c2ccc(C=O)cn2)c1Cl. The molecule has 0 unspecified atom stereocenters. The second kappa shape index (κ2) is 12.1. The van der Waals surface area contributed by atoms with Crippen molar-refractivity contribution in [3.05, 3.63) is 99.3 Å². The van der Waals surface area contributed by atoms with E-state index in [1.165, 1.54) is 37.6 Å². The van der Waals surface area contributed by atoms with Crippen molar-refractivity contribution in [2.45, 2.75) is 32.7 Å². The molecule has 3 heterocycles. The lowest BCUT2D eigenvalue weighted by molar-refractivity contribution is 0.102. The highest BCUT2D eigenvalue weighted by molar-refractivity contribution is 6.36. The number of rotatable bonds is 7. The van der Waals surface area contributed by atoms with E-state index in [1.54, 1.807) is 6.07 Å². The molecule has 5 aromatic rings. The molecule has 3 aromatic carbocycles. The number of carbonyl (C=O) groups is 2. The first kappa shape index (κ1) is 28.1. The molecule has 7 nitrogen and oxygen atoms in total. The number of aldehydes is 1. The van der Waals surface area contributed by atoms with Crippen LogP contribution in [0.3, 0.4) is 0 Å². The van der Waals surface area contributed by atoms with Crippen molar-refractivity contribution >= 4 is 52.2 Å². The Bertz CT molecular complexity index is 1790. The molecule has 1 fully saturated rings. The second-order valence-corrected chi connectivity index (χ2v) is 11.3. The Balaban J connectivity index is 1.30. The van der Waals surface area contributed by atoms with Gasteiger partial charge in [0.1, 0.15) is 11.2 Å². The molecule has 1 amide bonds. The predicted octanol–water partition coefficient (Wildman–Crippen LogP) is 8.22. The fourth-order valence-corrected chi connectivity index (χ4v) is 5.97. The fourth-order valence-electron chi connectivity index (χ4n) is 5.42. The Kier molecular flexibility index (Phi) is 8.07. The maximum absolute atomic E-state index is 12.8. The standard InChI is InChI=1S/C33H28Cl2N4O3/c1-20-23(25-9-6-10-27(30(25)35)37-32(41)28-12-11-21(19-40)17-36-28)7-5-8-24(20)33-38-29-16-22(15-26(34)31(29)42-33)18-39-13-3-2-4-14-39/h5-12,15-17,19H,2-4,13-14,18H2,1H3,(H,37,41). The molecule has 1 saturated heterocycles. The van der Waals surface area contributed by atoms with Gasteiger partial charge in [0, 0.05) is 29.4 Å². The van der Waals surface area contributed by atoms with Crippen LogP contribution in [0.25, 0.3) is 33.7 Å². The van der Waals surface area contributed by atoms with E-state index in [-0.39, 0.29) is 5.69 Å². The highest BCUT2D eigenvalue weighted by Crippen LogP contribution is 2.39. The van der Waals surface area contributed by atoms with Crippen molar-refractivity contribution in [1.29, 1.82) is 0 Å². The van der Waals surface area contributed by atoms with Gasteiger partial charge in [0.25, 0.3) is 5.91 Å². The van der Waals surface area contributed by atoms with Crippen LogP contribution in [0.4, 0.5) is 5.69 Å². The average molecular weight is 600 g/mol. The monoisotopic (exact) mass is 598 g/mol. The molecule has 0 atom stereocenters. The van der Waals surface area contributed by atoms with Crippen LogP contribution in [-0.2, 0) is 6.54 Å². The normalized spacial score (nSPS) is 13.8. The van der Waals surface area contributed by atoms with Crippen LogP contribution in [0, 0.1) is 6.92 Å². The van der Waals surface area contributed by atoms with Crippen molar-refractivity contribution in [1.82, 2.24) is 14.9 Å². The van der Waals surface area contributed by atoms with Crippen LogP contribution in [0.1, 0.15) is 51.2 Å². The van der Waals surface area contributed by atoms with Gasteiger partial charge in [0.2, 0.25) is 5.89 Å². The van der Waals surface area contributed by atoms with Gasteiger partial charge < -0.3 is 9.73 Å². The molecule has 0 spiro atoms. The number of pyridine rings is 1. The van der Waals surface area contributed by atoms with E-state index in [1.807, 2.05) is 43.3 Å². The average Bonchev–Trinajstić information content (AvgIpc) is 3.44. The van der Waals surface area contributed by atoms with Crippen molar-refractivity contribution in [2.24, 2.45) is 0 Å². The summed E-state index contributed by atoms with van der Waals surface area (Å²) in [6, 6.07) is 18.4. The number of nitrogens with zero attached hydrogens (tertiary/aromatic N) is 3. The molecule has 0 bridgehead atoms. The first-order valence-corrected chi connectivity index (χ1v) is 14.6. The first-order chi connectivity index (χ1) is 20.4. The zero-order valence-electron chi connectivity index (χ0n) is 23.0. The summed E-state index contributed by atoms with van der Waals surface area (Å²) >= 11 is 13.5. The van der Waals surface area contributed by atoms with Crippen LogP contribution in [0.5, 0.6) is 0 Å². The van der Waals surface area contributed by atoms with Gasteiger partial charge >= 0.3 is 0 Å². The van der Waals surface area contributed by atoms with Crippen LogP contribution < -0.4 is 5.32 Å². The number of hydrogen-bond acceptors (Lipinski definition) is 6. The van der Waals surface area contributed by atoms with E-state index < -0.39 is 5.91 Å². The van der Waals surface area contributed by atoms with E-state index in [0.717, 1.165) is 53.0 Å². The number of benzene rings is 3. The molecule has 212 valence electrons. The maximum Gasteiger partial charge on any atom is 0.274 e. The first-order valence-electron chi connectivity index (χ1n) is 13.8. The van der Waals surface area contributed by atoms with Gasteiger partial charge in [-0.3, -0.25) is 19.5 Å². The third kappa shape index (κ3) is 5.68. The van der Waals surface area contributed by atoms with Crippen LogP contribution in [0.15, 0.2) is 71.3 Å². The van der Waals surface area contributed by atoms with E-state index in [9.17, 15) is 9.59 Å². The lowest BCUT2D eigenvalue weighted by atomic mass is 9.96. The second-order valence-electron chi connectivity index (χ2n) is 10.5. The summed E-state index contributed by atoms with van der Waals surface area (Å²) in [6.45, 7) is 5.04. The largest absolute Gasteiger partial charge is 0.434 e. The lowest BCUT2D eigenvalue weighted by Crippen LogP contribution is -2.29. The molecule has 0 aliphatic carbocycles. The number of oxazole rings is 1. The van der Waals surface area contributed by atoms with Gasteiger partial charge in [-0.05, 0) is 85.9 Å². The van der Waals surface area contributed by atoms with Gasteiger partial charge in [-0.2, -0.15) is 0 Å². The summed E-state index contributed by atoms with van der Waals surface area (Å²) in [5.74, 6) is 0.0479. The van der Waals surface area contributed by atoms with Crippen LogP contribution in [-0.4, -0.2) is 40.2 Å². The number of piperidine rings is 1. The van der Waals surface area contributed by atoms with Gasteiger partial charge in [-0.25, -0.2) is 4.98 Å². The van der Waals surface area contributed by atoms with E-state index in [0.29, 0.717) is 39.1 Å². The third-order valence-corrected chi connectivity index (χ3v) is 8.30.